The van der Waals surface area contributed by atoms with Crippen molar-refractivity contribution in [2.24, 2.45) is 7.05 Å². The van der Waals surface area contributed by atoms with Gasteiger partial charge in [0.05, 0.1) is 17.8 Å². The molecule has 0 radical (unpaired) electrons. The number of aromatic amines is 1. The van der Waals surface area contributed by atoms with Gasteiger partial charge in [0.15, 0.2) is 10.4 Å². The number of nitrogens with zero attached hydrogens (tertiary/aromatic N) is 3. The molecule has 18 heavy (non-hydrogen) atoms. The van der Waals surface area contributed by atoms with E-state index in [1.165, 1.54) is 0 Å². The van der Waals surface area contributed by atoms with Crippen LogP contribution in [0.2, 0.25) is 0 Å². The number of aromatic nitrogens is 4. The number of hydrogen-bond donors (Lipinski definition) is 1. The minimum atomic E-state index is -0.250. The normalized spacial score (nSPS) is 12.5. The lowest BCUT2D eigenvalue weighted by Gasteiger charge is -2.25. The maximum atomic E-state index is 5.74. The summed E-state index contributed by atoms with van der Waals surface area (Å²) >= 11 is 5.39. The number of hydrogen-bond acceptors (Lipinski definition) is 3. The van der Waals surface area contributed by atoms with Crippen molar-refractivity contribution in [2.75, 3.05) is 6.61 Å². The summed E-state index contributed by atoms with van der Waals surface area (Å²) in [5.41, 5.74) is 2.74. The van der Waals surface area contributed by atoms with Gasteiger partial charge in [0.25, 0.3) is 0 Å². The minimum absolute atomic E-state index is 0.250. The molecule has 100 valence electrons. The van der Waals surface area contributed by atoms with Crippen molar-refractivity contribution >= 4 is 23.4 Å². The molecule has 2 aromatic rings. The fraction of sp³-hybridized carbons (Fsp3) is 0.667. The van der Waals surface area contributed by atoms with Crippen molar-refractivity contribution in [1.29, 1.82) is 0 Å². The van der Waals surface area contributed by atoms with E-state index in [0.29, 0.717) is 17.9 Å². The molecular weight excluding hydrogens is 248 g/mol. The van der Waals surface area contributed by atoms with Gasteiger partial charge in [-0.1, -0.05) is 0 Å². The van der Waals surface area contributed by atoms with E-state index in [4.69, 9.17) is 17.0 Å². The Balaban J connectivity index is 2.51. The molecule has 0 atom stereocenters. The second kappa shape index (κ2) is 4.51. The van der Waals surface area contributed by atoms with Gasteiger partial charge >= 0.3 is 0 Å². The standard InChI is InChI=1S/C12H20N4OS/c1-6-17-12(3,4)7-16-10-9(13-11(16)18)8(2)14-15(10)5/h6-7H2,1-5H3,(H,13,18). The third-order valence-corrected chi connectivity index (χ3v) is 3.32. The molecule has 0 saturated carbocycles. The number of nitrogens with one attached hydrogen (secondary N) is 1. The van der Waals surface area contributed by atoms with Gasteiger partial charge in [0.2, 0.25) is 0 Å². The lowest BCUT2D eigenvalue weighted by molar-refractivity contribution is -0.0220. The number of fused-ring (bicyclic) bond motifs is 1. The Morgan fingerprint density at radius 3 is 2.72 bits per heavy atom. The summed E-state index contributed by atoms with van der Waals surface area (Å²) in [6, 6.07) is 0. The summed E-state index contributed by atoms with van der Waals surface area (Å²) in [5.74, 6) is 0. The Labute approximate surface area is 112 Å². The van der Waals surface area contributed by atoms with E-state index in [2.05, 4.69) is 28.5 Å². The smallest absolute Gasteiger partial charge is 0.179 e. The highest BCUT2D eigenvalue weighted by molar-refractivity contribution is 7.71. The number of H-pyrrole nitrogens is 1. The van der Waals surface area contributed by atoms with E-state index in [0.717, 1.165) is 16.9 Å². The summed E-state index contributed by atoms with van der Waals surface area (Å²) in [5, 5.41) is 4.41. The van der Waals surface area contributed by atoms with Gasteiger partial charge in [-0.15, -0.1) is 0 Å². The molecular formula is C12H20N4OS. The Kier molecular flexibility index (Phi) is 3.33. The summed E-state index contributed by atoms with van der Waals surface area (Å²) in [6.45, 7) is 9.52. The van der Waals surface area contributed by atoms with Crippen LogP contribution in [0, 0.1) is 11.7 Å². The predicted octanol–water partition coefficient (Wildman–Crippen LogP) is 2.56. The minimum Gasteiger partial charge on any atom is -0.374 e. The third-order valence-electron chi connectivity index (χ3n) is 3.00. The average molecular weight is 268 g/mol. The highest BCUT2D eigenvalue weighted by atomic mass is 32.1. The maximum Gasteiger partial charge on any atom is 0.179 e. The Hall–Kier alpha value is -1.14. The lowest BCUT2D eigenvalue weighted by Crippen LogP contribution is -2.30. The SMILES string of the molecule is CCOC(C)(C)Cn1c(=S)[nH]c2c(C)nn(C)c21. The molecule has 2 aromatic heterocycles. The van der Waals surface area contributed by atoms with Crippen LogP contribution < -0.4 is 0 Å². The van der Waals surface area contributed by atoms with E-state index in [1.807, 2.05) is 25.6 Å². The molecule has 0 aliphatic carbocycles. The Morgan fingerprint density at radius 1 is 1.44 bits per heavy atom. The first-order valence-corrected chi connectivity index (χ1v) is 6.52. The van der Waals surface area contributed by atoms with Crippen LogP contribution in [0.1, 0.15) is 26.5 Å². The fourth-order valence-electron chi connectivity index (χ4n) is 2.34. The molecule has 0 bridgehead atoms. The monoisotopic (exact) mass is 268 g/mol. The van der Waals surface area contributed by atoms with Gasteiger partial charge in [-0.3, -0.25) is 9.25 Å². The Bertz CT molecular complexity index is 620. The van der Waals surface area contributed by atoms with Crippen LogP contribution in [-0.4, -0.2) is 31.5 Å². The molecule has 0 unspecified atom stereocenters. The van der Waals surface area contributed by atoms with Gasteiger partial charge in [0, 0.05) is 13.7 Å². The van der Waals surface area contributed by atoms with Crippen molar-refractivity contribution in [2.45, 2.75) is 39.8 Å². The zero-order valence-electron chi connectivity index (χ0n) is 11.6. The fourth-order valence-corrected chi connectivity index (χ4v) is 2.59. The molecule has 0 aromatic carbocycles. The van der Waals surface area contributed by atoms with Gasteiger partial charge in [-0.05, 0) is 39.9 Å². The van der Waals surface area contributed by atoms with Crippen molar-refractivity contribution in [3.8, 4) is 0 Å². The molecule has 5 nitrogen and oxygen atoms in total. The van der Waals surface area contributed by atoms with Crippen LogP contribution in [0.3, 0.4) is 0 Å². The van der Waals surface area contributed by atoms with Crippen molar-refractivity contribution in [1.82, 2.24) is 19.3 Å². The van der Waals surface area contributed by atoms with Crippen LogP contribution in [0.15, 0.2) is 0 Å². The number of rotatable bonds is 4. The highest BCUT2D eigenvalue weighted by Gasteiger charge is 2.22. The number of ether oxygens (including phenoxy) is 1. The summed E-state index contributed by atoms with van der Waals surface area (Å²) in [4.78, 5) is 3.22. The van der Waals surface area contributed by atoms with Crippen LogP contribution in [0.25, 0.3) is 11.2 Å². The van der Waals surface area contributed by atoms with Crippen molar-refractivity contribution in [3.63, 3.8) is 0 Å². The molecule has 0 fully saturated rings. The molecule has 1 N–H and O–H groups in total. The van der Waals surface area contributed by atoms with E-state index < -0.39 is 0 Å². The topological polar surface area (TPSA) is 47.8 Å². The van der Waals surface area contributed by atoms with Gasteiger partial charge in [0.1, 0.15) is 5.52 Å². The molecule has 0 aliphatic rings. The van der Waals surface area contributed by atoms with E-state index in [1.54, 1.807) is 0 Å². The van der Waals surface area contributed by atoms with Crippen molar-refractivity contribution in [3.05, 3.63) is 10.5 Å². The quantitative estimate of drug-likeness (QED) is 0.867. The molecule has 2 rings (SSSR count). The van der Waals surface area contributed by atoms with Gasteiger partial charge < -0.3 is 9.72 Å². The lowest BCUT2D eigenvalue weighted by atomic mass is 10.1. The van der Waals surface area contributed by atoms with Gasteiger partial charge in [-0.2, -0.15) is 5.10 Å². The summed E-state index contributed by atoms with van der Waals surface area (Å²) in [6.07, 6.45) is 0. The first kappa shape index (κ1) is 13.3. The molecule has 0 saturated heterocycles. The van der Waals surface area contributed by atoms with Crippen LogP contribution >= 0.6 is 12.2 Å². The molecule has 0 amide bonds. The summed E-state index contributed by atoms with van der Waals surface area (Å²) in [7, 11) is 1.93. The van der Waals surface area contributed by atoms with Crippen LogP contribution in [-0.2, 0) is 18.3 Å². The van der Waals surface area contributed by atoms with Gasteiger partial charge in [-0.25, -0.2) is 0 Å². The zero-order chi connectivity index (χ0) is 13.5. The number of aryl methyl sites for hydroxylation is 2. The highest BCUT2D eigenvalue weighted by Crippen LogP contribution is 2.21. The first-order chi connectivity index (χ1) is 8.35. The largest absolute Gasteiger partial charge is 0.374 e. The van der Waals surface area contributed by atoms with Crippen LogP contribution in [0.4, 0.5) is 0 Å². The maximum absolute atomic E-state index is 5.74. The molecule has 0 spiro atoms. The van der Waals surface area contributed by atoms with Crippen LogP contribution in [0.5, 0.6) is 0 Å². The summed E-state index contributed by atoms with van der Waals surface area (Å²) < 4.78 is 10.4. The molecule has 2 heterocycles. The number of imidazole rings is 1. The van der Waals surface area contributed by atoms with E-state index in [-0.39, 0.29) is 5.60 Å². The predicted molar refractivity (Wildman–Crippen MR) is 74.3 cm³/mol. The Morgan fingerprint density at radius 2 is 2.11 bits per heavy atom. The van der Waals surface area contributed by atoms with E-state index in [9.17, 15) is 0 Å². The van der Waals surface area contributed by atoms with Crippen molar-refractivity contribution < 1.29 is 4.74 Å². The van der Waals surface area contributed by atoms with E-state index >= 15 is 0 Å². The first-order valence-electron chi connectivity index (χ1n) is 6.12. The molecule has 0 aliphatic heterocycles. The second-order valence-corrected chi connectivity index (χ2v) is 5.50. The zero-order valence-corrected chi connectivity index (χ0v) is 12.4. The second-order valence-electron chi connectivity index (χ2n) is 5.12. The average Bonchev–Trinajstić information content (AvgIpc) is 2.68. The third kappa shape index (κ3) is 2.22. The molecule has 6 heteroatoms.